The zero-order valence-electron chi connectivity index (χ0n) is 17.2. The van der Waals surface area contributed by atoms with Crippen LogP contribution in [-0.4, -0.2) is 57.1 Å². The first-order valence-corrected chi connectivity index (χ1v) is 9.87. The first-order valence-electron chi connectivity index (χ1n) is 9.87. The van der Waals surface area contributed by atoms with Crippen molar-refractivity contribution in [1.82, 2.24) is 29.8 Å². The van der Waals surface area contributed by atoms with Gasteiger partial charge in [0.2, 0.25) is 0 Å². The summed E-state index contributed by atoms with van der Waals surface area (Å²) in [7, 11) is 3.77. The molecule has 30 heavy (non-hydrogen) atoms. The fourth-order valence-electron chi connectivity index (χ4n) is 3.74. The maximum absolute atomic E-state index is 13.1. The van der Waals surface area contributed by atoms with E-state index in [2.05, 4.69) is 31.6 Å². The van der Waals surface area contributed by atoms with Crippen molar-refractivity contribution >= 4 is 29.9 Å². The summed E-state index contributed by atoms with van der Waals surface area (Å²) in [4.78, 5) is 6.75. The average molecular weight is 523 g/mol. The first-order chi connectivity index (χ1) is 14.1. The molecule has 0 saturated carbocycles. The van der Waals surface area contributed by atoms with E-state index >= 15 is 0 Å². The van der Waals surface area contributed by atoms with E-state index in [0.717, 1.165) is 49.8 Å². The van der Waals surface area contributed by atoms with Crippen LogP contribution < -0.4 is 5.32 Å². The predicted molar refractivity (Wildman–Crippen MR) is 126 cm³/mol. The number of nitrogens with zero attached hydrogens (tertiary/aromatic N) is 6. The van der Waals surface area contributed by atoms with Crippen LogP contribution in [0.3, 0.4) is 0 Å². The van der Waals surface area contributed by atoms with Crippen molar-refractivity contribution in [2.45, 2.75) is 18.8 Å². The zero-order valence-corrected chi connectivity index (χ0v) is 19.5. The molecule has 1 saturated heterocycles. The quantitative estimate of drug-likeness (QED) is 0.318. The Morgan fingerprint density at radius 3 is 2.77 bits per heavy atom. The Hall–Kier alpha value is -2.43. The lowest BCUT2D eigenvalue weighted by Crippen LogP contribution is -2.40. The number of guanidine groups is 1. The number of halogens is 2. The molecule has 0 aliphatic carbocycles. The smallest absolute Gasteiger partial charge is 0.193 e. The van der Waals surface area contributed by atoms with Crippen molar-refractivity contribution in [1.29, 1.82) is 0 Å². The number of rotatable bonds is 5. The second-order valence-electron chi connectivity index (χ2n) is 7.33. The molecule has 0 spiro atoms. The predicted octanol–water partition coefficient (Wildman–Crippen LogP) is 2.97. The molecule has 3 aromatic rings. The van der Waals surface area contributed by atoms with Crippen LogP contribution in [0.2, 0.25) is 0 Å². The van der Waals surface area contributed by atoms with Crippen LogP contribution in [0.1, 0.15) is 23.6 Å². The number of hydrogen-bond donors (Lipinski definition) is 1. The zero-order chi connectivity index (χ0) is 20.2. The van der Waals surface area contributed by atoms with Crippen molar-refractivity contribution in [2.24, 2.45) is 12.0 Å². The topological polar surface area (TPSA) is 63.3 Å². The molecular formula is C21H27FIN7. The molecule has 1 fully saturated rings. The van der Waals surface area contributed by atoms with E-state index in [-0.39, 0.29) is 29.8 Å². The van der Waals surface area contributed by atoms with Crippen LogP contribution in [0, 0.1) is 5.82 Å². The lowest BCUT2D eigenvalue weighted by atomic mass is 10.0. The van der Waals surface area contributed by atoms with E-state index in [0.29, 0.717) is 5.92 Å². The third-order valence-corrected chi connectivity index (χ3v) is 5.30. The molecule has 1 N–H and O–H groups in total. The summed E-state index contributed by atoms with van der Waals surface area (Å²) in [5.74, 6) is 1.17. The van der Waals surface area contributed by atoms with Crippen LogP contribution in [0.5, 0.6) is 0 Å². The Morgan fingerprint density at radius 2 is 2.07 bits per heavy atom. The highest BCUT2D eigenvalue weighted by Gasteiger charge is 2.26. The molecule has 160 valence electrons. The van der Waals surface area contributed by atoms with Gasteiger partial charge in [-0.25, -0.2) is 9.07 Å². The molecule has 0 bridgehead atoms. The standard InChI is InChI=1S/C21H26FN7.HI/c1-23-21(28-11-8-16(15-28)17-13-25-27(2)14-17)24-10-7-19-9-12-29(26-19)20-5-3-18(22)4-6-20;/h3-6,9,12-14,16H,7-8,10-11,15H2,1-2H3,(H,23,24);1H. The molecular weight excluding hydrogens is 496 g/mol. The van der Waals surface area contributed by atoms with Gasteiger partial charge in [0.25, 0.3) is 0 Å². The van der Waals surface area contributed by atoms with Gasteiger partial charge in [0.1, 0.15) is 5.82 Å². The number of aliphatic imine (C=N–C) groups is 1. The van der Waals surface area contributed by atoms with Crippen molar-refractivity contribution in [3.05, 3.63) is 66.0 Å². The summed E-state index contributed by atoms with van der Waals surface area (Å²) in [6.07, 6.45) is 7.85. The number of benzene rings is 1. The van der Waals surface area contributed by atoms with Gasteiger partial charge in [0.05, 0.1) is 17.6 Å². The van der Waals surface area contributed by atoms with Gasteiger partial charge in [-0.15, -0.1) is 24.0 Å². The van der Waals surface area contributed by atoms with Crippen molar-refractivity contribution in [3.63, 3.8) is 0 Å². The summed E-state index contributed by atoms with van der Waals surface area (Å²) in [6.45, 7) is 2.68. The summed E-state index contributed by atoms with van der Waals surface area (Å²) in [5, 5.41) is 12.3. The lowest BCUT2D eigenvalue weighted by molar-refractivity contribution is 0.486. The first kappa shape index (κ1) is 22.3. The van der Waals surface area contributed by atoms with E-state index in [1.165, 1.54) is 17.7 Å². The van der Waals surface area contributed by atoms with Gasteiger partial charge in [0.15, 0.2) is 5.96 Å². The van der Waals surface area contributed by atoms with Gasteiger partial charge in [-0.3, -0.25) is 9.67 Å². The van der Waals surface area contributed by atoms with E-state index in [4.69, 9.17) is 0 Å². The molecule has 1 aliphatic rings. The van der Waals surface area contributed by atoms with Crippen molar-refractivity contribution in [2.75, 3.05) is 26.7 Å². The molecule has 2 aromatic heterocycles. The Bertz CT molecular complexity index is 979. The van der Waals surface area contributed by atoms with Crippen molar-refractivity contribution < 1.29 is 4.39 Å². The maximum atomic E-state index is 13.1. The number of likely N-dealkylation sites (tertiary alicyclic amines) is 1. The Balaban J connectivity index is 0.00000256. The highest BCUT2D eigenvalue weighted by atomic mass is 127. The summed E-state index contributed by atoms with van der Waals surface area (Å²) in [5.41, 5.74) is 3.11. The third-order valence-electron chi connectivity index (χ3n) is 5.30. The Morgan fingerprint density at radius 1 is 1.27 bits per heavy atom. The van der Waals surface area contributed by atoms with Gasteiger partial charge in [-0.2, -0.15) is 10.2 Å². The molecule has 1 unspecified atom stereocenters. The molecule has 3 heterocycles. The largest absolute Gasteiger partial charge is 0.356 e. The molecule has 0 amide bonds. The van der Waals surface area contributed by atoms with Crippen molar-refractivity contribution in [3.8, 4) is 5.69 Å². The number of hydrogen-bond acceptors (Lipinski definition) is 3. The average Bonchev–Trinajstić information content (AvgIpc) is 3.46. The van der Waals surface area contributed by atoms with E-state index in [1.54, 1.807) is 16.8 Å². The molecule has 1 aromatic carbocycles. The molecule has 4 rings (SSSR count). The minimum Gasteiger partial charge on any atom is -0.356 e. The second kappa shape index (κ2) is 10.1. The molecule has 1 aliphatic heterocycles. The van der Waals surface area contributed by atoms with E-state index < -0.39 is 0 Å². The SMILES string of the molecule is CN=C(NCCc1ccn(-c2ccc(F)cc2)n1)N1CCC(c2cnn(C)c2)C1.I. The normalized spacial score (nSPS) is 16.6. The van der Waals surface area contributed by atoms with E-state index in [1.807, 2.05) is 37.2 Å². The van der Waals surface area contributed by atoms with Crippen LogP contribution in [0.25, 0.3) is 5.69 Å². The highest BCUT2D eigenvalue weighted by molar-refractivity contribution is 14.0. The fraction of sp³-hybridized carbons (Fsp3) is 0.381. The summed E-state index contributed by atoms with van der Waals surface area (Å²) in [6, 6.07) is 8.31. The minimum atomic E-state index is -0.246. The monoisotopic (exact) mass is 523 g/mol. The van der Waals surface area contributed by atoms with E-state index in [9.17, 15) is 4.39 Å². The number of nitrogens with one attached hydrogen (secondary N) is 1. The van der Waals surface area contributed by atoms with Gasteiger partial charge in [0, 0.05) is 58.5 Å². The number of aryl methyl sites for hydroxylation is 1. The Labute approximate surface area is 193 Å². The van der Waals surface area contributed by atoms with Crippen LogP contribution in [-0.2, 0) is 13.5 Å². The summed E-state index contributed by atoms with van der Waals surface area (Å²) < 4.78 is 16.7. The Kier molecular flexibility index (Phi) is 7.46. The van der Waals surface area contributed by atoms with Gasteiger partial charge in [-0.05, 0) is 42.3 Å². The molecule has 7 nitrogen and oxygen atoms in total. The molecule has 0 radical (unpaired) electrons. The van der Waals surface area contributed by atoms with Gasteiger partial charge in [-0.1, -0.05) is 0 Å². The highest BCUT2D eigenvalue weighted by Crippen LogP contribution is 2.26. The molecule has 9 heteroatoms. The number of aromatic nitrogens is 4. The maximum Gasteiger partial charge on any atom is 0.193 e. The van der Waals surface area contributed by atoms with Gasteiger partial charge >= 0.3 is 0 Å². The van der Waals surface area contributed by atoms with Crippen LogP contribution >= 0.6 is 24.0 Å². The second-order valence-corrected chi connectivity index (χ2v) is 7.33. The van der Waals surface area contributed by atoms with Crippen LogP contribution in [0.15, 0.2) is 53.9 Å². The lowest BCUT2D eigenvalue weighted by Gasteiger charge is -2.21. The molecule has 1 atom stereocenters. The van der Waals surface area contributed by atoms with Gasteiger partial charge < -0.3 is 10.2 Å². The van der Waals surface area contributed by atoms with Crippen LogP contribution in [0.4, 0.5) is 4.39 Å². The fourth-order valence-corrected chi connectivity index (χ4v) is 3.74. The minimum absolute atomic E-state index is 0. The third kappa shape index (κ3) is 5.18. The summed E-state index contributed by atoms with van der Waals surface area (Å²) >= 11 is 0.